The van der Waals surface area contributed by atoms with Crippen molar-refractivity contribution < 1.29 is 19.1 Å². The molecule has 2 heterocycles. The molecule has 0 unspecified atom stereocenters. The number of carbonyl (C=O) groups is 2. The fourth-order valence-electron chi connectivity index (χ4n) is 5.75. The summed E-state index contributed by atoms with van der Waals surface area (Å²) in [7, 11) is 0. The first-order valence-electron chi connectivity index (χ1n) is 12.5. The highest BCUT2D eigenvalue weighted by molar-refractivity contribution is 5.76. The van der Waals surface area contributed by atoms with Crippen molar-refractivity contribution in [1.82, 2.24) is 9.80 Å². The van der Waals surface area contributed by atoms with Crippen molar-refractivity contribution in [2.75, 3.05) is 32.8 Å². The number of ether oxygens (including phenoxy) is 2. The first-order chi connectivity index (χ1) is 15.6. The van der Waals surface area contributed by atoms with Crippen LogP contribution in [0.4, 0.5) is 4.79 Å². The van der Waals surface area contributed by atoms with Crippen molar-refractivity contribution in [2.24, 2.45) is 11.3 Å². The summed E-state index contributed by atoms with van der Waals surface area (Å²) in [4.78, 5) is 29.9. The van der Waals surface area contributed by atoms with Gasteiger partial charge < -0.3 is 14.4 Å². The van der Waals surface area contributed by atoms with Crippen LogP contribution in [0.25, 0.3) is 0 Å². The van der Waals surface area contributed by atoms with Crippen LogP contribution in [0.15, 0.2) is 30.3 Å². The first kappa shape index (κ1) is 23.1. The van der Waals surface area contributed by atoms with Gasteiger partial charge in [-0.15, -0.1) is 0 Å². The molecule has 1 aliphatic carbocycles. The molecule has 32 heavy (non-hydrogen) atoms. The van der Waals surface area contributed by atoms with Crippen molar-refractivity contribution in [3.8, 4) is 0 Å². The second-order valence-corrected chi connectivity index (χ2v) is 9.94. The Balaban J connectivity index is 1.36. The fourth-order valence-corrected chi connectivity index (χ4v) is 5.75. The van der Waals surface area contributed by atoms with Crippen molar-refractivity contribution in [3.05, 3.63) is 35.9 Å². The number of esters is 1. The van der Waals surface area contributed by atoms with Crippen molar-refractivity contribution in [2.45, 2.75) is 70.9 Å². The van der Waals surface area contributed by atoms with Gasteiger partial charge in [0, 0.05) is 25.0 Å². The van der Waals surface area contributed by atoms with Crippen molar-refractivity contribution in [1.29, 1.82) is 0 Å². The summed E-state index contributed by atoms with van der Waals surface area (Å²) in [5.41, 5.74) is 1.11. The summed E-state index contributed by atoms with van der Waals surface area (Å²) in [5, 5.41) is 0. The molecule has 1 amide bonds. The molecule has 1 spiro atoms. The van der Waals surface area contributed by atoms with E-state index in [9.17, 15) is 9.59 Å². The van der Waals surface area contributed by atoms with Crippen LogP contribution < -0.4 is 0 Å². The summed E-state index contributed by atoms with van der Waals surface area (Å²) >= 11 is 0. The predicted octanol–water partition coefficient (Wildman–Crippen LogP) is 4.62. The minimum absolute atomic E-state index is 0.0772. The standard InChI is InChI=1S/C26H38N2O4/c1-2-3-17-31-25(30)28-16-14-26(20-28)13-15-27(19-26)23(22-11-7-8-12-22)24(29)32-18-21-9-5-4-6-10-21/h4-6,9-10,22-23H,2-3,7-8,11-20H2,1H3/t23-,26-/m0/s1. The molecule has 0 radical (unpaired) electrons. The van der Waals surface area contributed by atoms with E-state index in [0.29, 0.717) is 19.1 Å². The average Bonchev–Trinajstić information content (AvgIpc) is 3.56. The zero-order valence-corrected chi connectivity index (χ0v) is 19.5. The second kappa shape index (κ2) is 10.7. The van der Waals surface area contributed by atoms with Gasteiger partial charge in [0.25, 0.3) is 0 Å². The van der Waals surface area contributed by atoms with Crippen LogP contribution in [0, 0.1) is 11.3 Å². The number of hydrogen-bond acceptors (Lipinski definition) is 5. The minimum Gasteiger partial charge on any atom is -0.460 e. The maximum absolute atomic E-state index is 13.3. The monoisotopic (exact) mass is 442 g/mol. The zero-order chi connectivity index (χ0) is 22.4. The minimum atomic E-state index is -0.177. The van der Waals surface area contributed by atoms with E-state index in [-0.39, 0.29) is 23.5 Å². The average molecular weight is 443 g/mol. The number of likely N-dealkylation sites (tertiary alicyclic amines) is 2. The lowest BCUT2D eigenvalue weighted by molar-refractivity contribution is -0.153. The summed E-state index contributed by atoms with van der Waals surface area (Å²) in [6.45, 7) is 6.20. The molecule has 176 valence electrons. The van der Waals surface area contributed by atoms with Gasteiger partial charge in [-0.3, -0.25) is 9.69 Å². The fraction of sp³-hybridized carbons (Fsp3) is 0.692. The highest BCUT2D eigenvalue weighted by Gasteiger charge is 2.49. The van der Waals surface area contributed by atoms with E-state index in [1.165, 1.54) is 12.8 Å². The maximum atomic E-state index is 13.3. The summed E-state index contributed by atoms with van der Waals surface area (Å²) < 4.78 is 11.3. The molecule has 2 saturated heterocycles. The van der Waals surface area contributed by atoms with E-state index in [1.54, 1.807) is 0 Å². The van der Waals surface area contributed by atoms with Gasteiger partial charge in [0.1, 0.15) is 12.6 Å². The van der Waals surface area contributed by atoms with Crippen molar-refractivity contribution >= 4 is 12.1 Å². The molecule has 4 rings (SSSR count). The second-order valence-electron chi connectivity index (χ2n) is 9.94. The highest BCUT2D eigenvalue weighted by Crippen LogP contribution is 2.42. The van der Waals surface area contributed by atoms with Gasteiger partial charge in [-0.05, 0) is 50.1 Å². The molecule has 2 atom stereocenters. The number of hydrogen-bond donors (Lipinski definition) is 0. The topological polar surface area (TPSA) is 59.1 Å². The zero-order valence-electron chi connectivity index (χ0n) is 19.5. The Kier molecular flexibility index (Phi) is 7.71. The Morgan fingerprint density at radius 1 is 1.06 bits per heavy atom. The van der Waals surface area contributed by atoms with Gasteiger partial charge in [0.2, 0.25) is 0 Å². The smallest absolute Gasteiger partial charge is 0.409 e. The third-order valence-corrected chi connectivity index (χ3v) is 7.59. The number of unbranched alkanes of at least 4 members (excludes halogenated alkanes) is 1. The normalized spacial score (nSPS) is 24.8. The molecule has 0 N–H and O–H groups in total. The largest absolute Gasteiger partial charge is 0.460 e. The number of rotatable bonds is 8. The lowest BCUT2D eigenvalue weighted by Crippen LogP contribution is -2.46. The Morgan fingerprint density at radius 2 is 1.81 bits per heavy atom. The van der Waals surface area contributed by atoms with Crippen LogP contribution in [0.1, 0.15) is 63.9 Å². The molecule has 6 nitrogen and oxygen atoms in total. The van der Waals surface area contributed by atoms with Gasteiger partial charge in [0.15, 0.2) is 0 Å². The SMILES string of the molecule is CCCCOC(=O)N1CC[C@]2(CCN([C@H](C(=O)OCc3ccccc3)C3CCCC3)C2)C1. The van der Waals surface area contributed by atoms with Crippen molar-refractivity contribution in [3.63, 3.8) is 0 Å². The lowest BCUT2D eigenvalue weighted by atomic mass is 9.86. The molecular formula is C26H38N2O4. The summed E-state index contributed by atoms with van der Waals surface area (Å²) in [6.07, 6.45) is 8.37. The molecule has 3 aliphatic rings. The van der Waals surface area contributed by atoms with Crippen LogP contribution in [-0.2, 0) is 20.9 Å². The highest BCUT2D eigenvalue weighted by atomic mass is 16.6. The first-order valence-corrected chi connectivity index (χ1v) is 12.5. The van der Waals surface area contributed by atoms with Gasteiger partial charge >= 0.3 is 12.1 Å². The quantitative estimate of drug-likeness (QED) is 0.434. The Morgan fingerprint density at radius 3 is 2.56 bits per heavy atom. The van der Waals surface area contributed by atoms with Crippen LogP contribution in [-0.4, -0.2) is 60.7 Å². The van der Waals surface area contributed by atoms with Crippen LogP contribution in [0.5, 0.6) is 0 Å². The molecule has 0 bridgehead atoms. The third-order valence-electron chi connectivity index (χ3n) is 7.59. The Labute approximate surface area is 192 Å². The number of carbonyl (C=O) groups excluding carboxylic acids is 2. The van der Waals surface area contributed by atoms with E-state index < -0.39 is 0 Å². The number of nitrogens with zero attached hydrogens (tertiary/aromatic N) is 2. The predicted molar refractivity (Wildman–Crippen MR) is 123 cm³/mol. The molecule has 6 heteroatoms. The molecule has 1 aromatic carbocycles. The number of benzene rings is 1. The number of amides is 1. The summed E-state index contributed by atoms with van der Waals surface area (Å²) in [5.74, 6) is 0.302. The van der Waals surface area contributed by atoms with E-state index in [0.717, 1.165) is 70.3 Å². The maximum Gasteiger partial charge on any atom is 0.409 e. The molecule has 1 saturated carbocycles. The molecular weight excluding hydrogens is 404 g/mol. The van der Waals surface area contributed by atoms with Gasteiger partial charge in [-0.2, -0.15) is 0 Å². The van der Waals surface area contributed by atoms with Crippen LogP contribution in [0.2, 0.25) is 0 Å². The summed E-state index contributed by atoms with van der Waals surface area (Å²) in [6, 6.07) is 9.75. The Bertz CT molecular complexity index is 764. The third kappa shape index (κ3) is 5.45. The van der Waals surface area contributed by atoms with E-state index >= 15 is 0 Å². The molecule has 2 aliphatic heterocycles. The van der Waals surface area contributed by atoms with E-state index in [1.807, 2.05) is 35.2 Å². The van der Waals surface area contributed by atoms with Crippen LogP contribution in [0.3, 0.4) is 0 Å². The van der Waals surface area contributed by atoms with Gasteiger partial charge in [-0.1, -0.05) is 56.5 Å². The molecule has 0 aromatic heterocycles. The van der Waals surface area contributed by atoms with E-state index in [2.05, 4.69) is 11.8 Å². The van der Waals surface area contributed by atoms with Crippen LogP contribution >= 0.6 is 0 Å². The van der Waals surface area contributed by atoms with E-state index in [4.69, 9.17) is 9.47 Å². The lowest BCUT2D eigenvalue weighted by Gasteiger charge is -2.32. The van der Waals surface area contributed by atoms with Gasteiger partial charge in [-0.25, -0.2) is 4.79 Å². The molecule has 3 fully saturated rings. The van der Waals surface area contributed by atoms with Gasteiger partial charge in [0.05, 0.1) is 6.61 Å². The molecule has 1 aromatic rings. The Hall–Kier alpha value is -2.08.